The normalized spacial score (nSPS) is 30.9. The standard InChI is InChI=1S/C13H23NO2/c1-10(15)11-5-7-14(8-6-11)9-12-3-2-4-13(12)16/h10-12,15H,2-9H2,1H3. The van der Waals surface area contributed by atoms with Crippen molar-refractivity contribution in [3.63, 3.8) is 0 Å². The van der Waals surface area contributed by atoms with Gasteiger partial charge in [0.15, 0.2) is 0 Å². The van der Waals surface area contributed by atoms with Crippen molar-refractivity contribution < 1.29 is 9.90 Å². The van der Waals surface area contributed by atoms with Crippen molar-refractivity contribution in [3.05, 3.63) is 0 Å². The number of likely N-dealkylation sites (tertiary alicyclic amines) is 1. The third kappa shape index (κ3) is 2.83. The van der Waals surface area contributed by atoms with Crippen molar-refractivity contribution in [2.45, 2.75) is 45.1 Å². The number of ketones is 1. The molecule has 2 aliphatic rings. The van der Waals surface area contributed by atoms with Crippen LogP contribution in [0.1, 0.15) is 39.0 Å². The highest BCUT2D eigenvalue weighted by atomic mass is 16.3. The van der Waals surface area contributed by atoms with E-state index in [2.05, 4.69) is 4.90 Å². The molecule has 2 unspecified atom stereocenters. The Bertz CT molecular complexity index is 244. The quantitative estimate of drug-likeness (QED) is 0.790. The van der Waals surface area contributed by atoms with Gasteiger partial charge < -0.3 is 10.0 Å². The Balaban J connectivity index is 1.75. The molecule has 0 amide bonds. The average molecular weight is 225 g/mol. The number of aliphatic hydroxyl groups is 1. The Morgan fingerprint density at radius 1 is 1.38 bits per heavy atom. The number of Topliss-reactive ketones (excluding diaryl/α,β-unsaturated/α-hetero) is 1. The highest BCUT2D eigenvalue weighted by molar-refractivity contribution is 5.83. The molecular formula is C13H23NO2. The van der Waals surface area contributed by atoms with Gasteiger partial charge in [0.2, 0.25) is 0 Å². The van der Waals surface area contributed by atoms with E-state index in [-0.39, 0.29) is 6.10 Å². The molecule has 16 heavy (non-hydrogen) atoms. The second kappa shape index (κ2) is 5.28. The van der Waals surface area contributed by atoms with Gasteiger partial charge in [-0.2, -0.15) is 0 Å². The summed E-state index contributed by atoms with van der Waals surface area (Å²) in [4.78, 5) is 14.0. The monoisotopic (exact) mass is 225 g/mol. The first-order chi connectivity index (χ1) is 7.66. The first-order valence-electron chi connectivity index (χ1n) is 6.60. The van der Waals surface area contributed by atoms with Crippen LogP contribution in [0.4, 0.5) is 0 Å². The molecule has 3 heteroatoms. The van der Waals surface area contributed by atoms with Crippen LogP contribution in [0, 0.1) is 11.8 Å². The van der Waals surface area contributed by atoms with E-state index in [4.69, 9.17) is 0 Å². The maximum atomic E-state index is 11.6. The minimum absolute atomic E-state index is 0.171. The van der Waals surface area contributed by atoms with E-state index < -0.39 is 0 Å². The van der Waals surface area contributed by atoms with Gasteiger partial charge in [-0.25, -0.2) is 0 Å². The zero-order chi connectivity index (χ0) is 11.5. The van der Waals surface area contributed by atoms with E-state index in [1.165, 1.54) is 0 Å². The SMILES string of the molecule is CC(O)C1CCN(CC2CCCC2=O)CC1. The zero-order valence-electron chi connectivity index (χ0n) is 10.2. The molecule has 1 N–H and O–H groups in total. The van der Waals surface area contributed by atoms with Crippen molar-refractivity contribution in [1.82, 2.24) is 4.90 Å². The van der Waals surface area contributed by atoms with E-state index in [1.54, 1.807) is 0 Å². The fourth-order valence-corrected chi connectivity index (χ4v) is 3.01. The lowest BCUT2D eigenvalue weighted by atomic mass is 9.91. The van der Waals surface area contributed by atoms with Crippen molar-refractivity contribution in [3.8, 4) is 0 Å². The Labute approximate surface area is 97.8 Å². The van der Waals surface area contributed by atoms with E-state index in [1.807, 2.05) is 6.92 Å². The number of hydrogen-bond acceptors (Lipinski definition) is 3. The maximum absolute atomic E-state index is 11.6. The first-order valence-corrected chi connectivity index (χ1v) is 6.60. The van der Waals surface area contributed by atoms with E-state index in [9.17, 15) is 9.90 Å². The average Bonchev–Trinajstić information content (AvgIpc) is 2.65. The Kier molecular flexibility index (Phi) is 3.98. The van der Waals surface area contributed by atoms with Gasteiger partial charge in [-0.15, -0.1) is 0 Å². The molecule has 0 spiro atoms. The minimum Gasteiger partial charge on any atom is -0.393 e. The molecular weight excluding hydrogens is 202 g/mol. The summed E-state index contributed by atoms with van der Waals surface area (Å²) in [6.07, 6.45) is 4.98. The lowest BCUT2D eigenvalue weighted by molar-refractivity contribution is -0.121. The first kappa shape index (κ1) is 12.1. The summed E-state index contributed by atoms with van der Waals surface area (Å²) < 4.78 is 0. The molecule has 1 saturated carbocycles. The zero-order valence-corrected chi connectivity index (χ0v) is 10.2. The second-order valence-corrected chi connectivity index (χ2v) is 5.43. The number of nitrogens with zero attached hydrogens (tertiary/aromatic N) is 1. The van der Waals surface area contributed by atoms with Crippen LogP contribution >= 0.6 is 0 Å². The van der Waals surface area contributed by atoms with E-state index in [0.29, 0.717) is 17.6 Å². The van der Waals surface area contributed by atoms with Crippen molar-refractivity contribution in [2.75, 3.05) is 19.6 Å². The Morgan fingerprint density at radius 3 is 2.56 bits per heavy atom. The number of piperidine rings is 1. The van der Waals surface area contributed by atoms with Crippen molar-refractivity contribution >= 4 is 5.78 Å². The van der Waals surface area contributed by atoms with Crippen LogP contribution in [0.25, 0.3) is 0 Å². The molecule has 2 fully saturated rings. The van der Waals surface area contributed by atoms with Gasteiger partial charge in [-0.3, -0.25) is 4.79 Å². The molecule has 0 aromatic rings. The smallest absolute Gasteiger partial charge is 0.137 e. The Morgan fingerprint density at radius 2 is 2.06 bits per heavy atom. The van der Waals surface area contributed by atoms with Crippen LogP contribution < -0.4 is 0 Å². The highest BCUT2D eigenvalue weighted by Crippen LogP contribution is 2.25. The summed E-state index contributed by atoms with van der Waals surface area (Å²) in [6, 6.07) is 0. The van der Waals surface area contributed by atoms with Gasteiger partial charge in [-0.1, -0.05) is 0 Å². The number of carbonyl (C=O) groups is 1. The van der Waals surface area contributed by atoms with Crippen molar-refractivity contribution in [1.29, 1.82) is 0 Å². The fraction of sp³-hybridized carbons (Fsp3) is 0.923. The summed E-state index contributed by atoms with van der Waals surface area (Å²) in [5, 5.41) is 9.52. The molecule has 92 valence electrons. The summed E-state index contributed by atoms with van der Waals surface area (Å²) in [7, 11) is 0. The second-order valence-electron chi connectivity index (χ2n) is 5.43. The molecule has 2 rings (SSSR count). The van der Waals surface area contributed by atoms with Gasteiger partial charge in [0.1, 0.15) is 5.78 Å². The third-order valence-corrected chi connectivity index (χ3v) is 4.22. The van der Waals surface area contributed by atoms with Crippen LogP contribution in [0.15, 0.2) is 0 Å². The number of hydrogen-bond donors (Lipinski definition) is 1. The van der Waals surface area contributed by atoms with E-state index in [0.717, 1.165) is 51.7 Å². The van der Waals surface area contributed by atoms with Crippen molar-refractivity contribution in [2.24, 2.45) is 11.8 Å². The van der Waals surface area contributed by atoms with Gasteiger partial charge in [-0.05, 0) is 51.6 Å². The molecule has 1 aliphatic heterocycles. The summed E-state index contributed by atoms with van der Waals surface area (Å²) in [5.74, 6) is 1.25. The molecule has 0 aromatic heterocycles. The predicted molar refractivity (Wildman–Crippen MR) is 63.2 cm³/mol. The molecule has 1 heterocycles. The Hall–Kier alpha value is -0.410. The molecule has 1 saturated heterocycles. The van der Waals surface area contributed by atoms with Crippen LogP contribution in [-0.2, 0) is 4.79 Å². The topological polar surface area (TPSA) is 40.5 Å². The van der Waals surface area contributed by atoms with Crippen LogP contribution in [0.3, 0.4) is 0 Å². The molecule has 0 radical (unpaired) electrons. The molecule has 0 aromatic carbocycles. The van der Waals surface area contributed by atoms with Gasteiger partial charge >= 0.3 is 0 Å². The predicted octanol–water partition coefficient (Wildman–Crippen LogP) is 1.45. The van der Waals surface area contributed by atoms with Gasteiger partial charge in [0.25, 0.3) is 0 Å². The molecule has 3 nitrogen and oxygen atoms in total. The van der Waals surface area contributed by atoms with Crippen LogP contribution in [0.2, 0.25) is 0 Å². The minimum atomic E-state index is -0.171. The fourth-order valence-electron chi connectivity index (χ4n) is 3.01. The number of rotatable bonds is 3. The van der Waals surface area contributed by atoms with Crippen LogP contribution in [0.5, 0.6) is 0 Å². The van der Waals surface area contributed by atoms with Gasteiger partial charge in [0, 0.05) is 18.9 Å². The number of aliphatic hydroxyl groups excluding tert-OH is 1. The summed E-state index contributed by atoms with van der Waals surface area (Å²) in [5.41, 5.74) is 0. The summed E-state index contributed by atoms with van der Waals surface area (Å²) >= 11 is 0. The molecule has 2 atom stereocenters. The lowest BCUT2D eigenvalue weighted by Gasteiger charge is -2.34. The van der Waals surface area contributed by atoms with Crippen LogP contribution in [-0.4, -0.2) is 41.5 Å². The largest absolute Gasteiger partial charge is 0.393 e. The van der Waals surface area contributed by atoms with E-state index >= 15 is 0 Å². The third-order valence-electron chi connectivity index (χ3n) is 4.22. The maximum Gasteiger partial charge on any atom is 0.137 e. The molecule has 1 aliphatic carbocycles. The lowest BCUT2D eigenvalue weighted by Crippen LogP contribution is -2.40. The van der Waals surface area contributed by atoms with Gasteiger partial charge in [0.05, 0.1) is 6.10 Å². The highest BCUT2D eigenvalue weighted by Gasteiger charge is 2.29. The molecule has 0 bridgehead atoms. The number of carbonyl (C=O) groups excluding carboxylic acids is 1. The summed E-state index contributed by atoms with van der Waals surface area (Å²) in [6.45, 7) is 4.96.